The summed E-state index contributed by atoms with van der Waals surface area (Å²) in [6.45, 7) is 0.757. The number of nitrogens with one attached hydrogen (secondary N) is 1. The number of ether oxygens (including phenoxy) is 1. The van der Waals surface area contributed by atoms with Crippen molar-refractivity contribution in [2.75, 3.05) is 30.3 Å². The molecule has 6 nitrogen and oxygen atoms in total. The number of sulfonamides is 1. The first-order valence-electron chi connectivity index (χ1n) is 8.64. The fraction of sp³-hybridized carbons (Fsp3) is 0.316. The van der Waals surface area contributed by atoms with E-state index in [0.29, 0.717) is 36.0 Å². The Hall–Kier alpha value is -2.32. The Bertz CT molecular complexity index is 874. The molecule has 0 aliphatic rings. The van der Waals surface area contributed by atoms with E-state index in [1.807, 2.05) is 0 Å². The number of halogens is 2. The van der Waals surface area contributed by atoms with Crippen LogP contribution in [0, 0.1) is 5.82 Å². The first kappa shape index (κ1) is 22.0. The number of hydrogen-bond acceptors (Lipinski definition) is 4. The minimum Gasteiger partial charge on any atom is -0.492 e. The molecule has 0 aromatic heterocycles. The fourth-order valence-corrected chi connectivity index (χ4v) is 3.55. The average molecular weight is 429 g/mol. The Balaban J connectivity index is 1.73. The fourth-order valence-electron chi connectivity index (χ4n) is 2.46. The molecule has 0 aliphatic heterocycles. The molecule has 0 spiro atoms. The zero-order valence-corrected chi connectivity index (χ0v) is 17.0. The molecule has 152 valence electrons. The second-order valence-electron chi connectivity index (χ2n) is 6.07. The van der Waals surface area contributed by atoms with Crippen LogP contribution in [0.5, 0.6) is 5.75 Å². The van der Waals surface area contributed by atoms with Crippen LogP contribution in [0.3, 0.4) is 0 Å². The zero-order valence-electron chi connectivity index (χ0n) is 15.4. The summed E-state index contributed by atoms with van der Waals surface area (Å²) in [5.41, 5.74) is 0.362. The largest absolute Gasteiger partial charge is 0.492 e. The monoisotopic (exact) mass is 428 g/mol. The minimum atomic E-state index is -3.53. The number of nitrogens with zero attached hydrogens (tertiary/aromatic N) is 1. The van der Waals surface area contributed by atoms with Gasteiger partial charge in [0.1, 0.15) is 18.2 Å². The maximum absolute atomic E-state index is 13.0. The number of carbonyl (C=O) groups excluding carboxylic acids is 1. The normalized spacial score (nSPS) is 11.1. The third-order valence-corrected chi connectivity index (χ3v) is 5.23. The average Bonchev–Trinajstić information content (AvgIpc) is 2.64. The van der Waals surface area contributed by atoms with Gasteiger partial charge in [0.15, 0.2) is 0 Å². The molecule has 0 heterocycles. The van der Waals surface area contributed by atoms with Crippen molar-refractivity contribution in [2.45, 2.75) is 12.8 Å². The van der Waals surface area contributed by atoms with Gasteiger partial charge in [-0.2, -0.15) is 0 Å². The van der Waals surface area contributed by atoms with Gasteiger partial charge < -0.3 is 10.1 Å². The van der Waals surface area contributed by atoms with Crippen LogP contribution in [0.2, 0.25) is 5.02 Å². The lowest BCUT2D eigenvalue weighted by molar-refractivity contribution is -0.121. The Morgan fingerprint density at radius 1 is 1.14 bits per heavy atom. The van der Waals surface area contributed by atoms with Crippen LogP contribution in [0.15, 0.2) is 48.5 Å². The van der Waals surface area contributed by atoms with Crippen LogP contribution < -0.4 is 14.4 Å². The molecule has 0 saturated heterocycles. The number of anilines is 1. The highest BCUT2D eigenvalue weighted by Crippen LogP contribution is 2.18. The van der Waals surface area contributed by atoms with Gasteiger partial charge in [-0.1, -0.05) is 11.6 Å². The minimum absolute atomic E-state index is 0.124. The van der Waals surface area contributed by atoms with Crippen LogP contribution in [-0.4, -0.2) is 40.3 Å². The molecule has 0 unspecified atom stereocenters. The molecule has 1 amide bonds. The van der Waals surface area contributed by atoms with Crippen molar-refractivity contribution in [3.8, 4) is 5.75 Å². The molecule has 0 aliphatic carbocycles. The van der Waals surface area contributed by atoms with E-state index < -0.39 is 15.8 Å². The molecule has 2 aromatic rings. The summed E-state index contributed by atoms with van der Waals surface area (Å²) >= 11 is 5.79. The molecule has 0 saturated carbocycles. The van der Waals surface area contributed by atoms with Gasteiger partial charge in [-0.25, -0.2) is 12.8 Å². The first-order valence-corrected chi connectivity index (χ1v) is 10.9. The third-order valence-electron chi connectivity index (χ3n) is 3.79. The van der Waals surface area contributed by atoms with Gasteiger partial charge in [0.25, 0.3) is 0 Å². The van der Waals surface area contributed by atoms with E-state index >= 15 is 0 Å². The van der Waals surface area contributed by atoms with Crippen LogP contribution in [-0.2, 0) is 14.8 Å². The van der Waals surface area contributed by atoms with Crippen molar-refractivity contribution >= 4 is 33.2 Å². The molecular formula is C19H22ClFN2O4S. The standard InChI is InChI=1S/C19H22ClFN2O4S/c1-28(25,26)23(17-8-6-16(21)7-9-17)13-2-3-19(24)22-12-14-27-18-10-4-15(20)5-11-18/h4-11H,2-3,12-14H2,1H3,(H,22,24). The smallest absolute Gasteiger partial charge is 0.232 e. The van der Waals surface area contributed by atoms with Crippen LogP contribution in [0.4, 0.5) is 10.1 Å². The topological polar surface area (TPSA) is 75.7 Å². The summed E-state index contributed by atoms with van der Waals surface area (Å²) in [5, 5.41) is 3.33. The van der Waals surface area contributed by atoms with E-state index in [-0.39, 0.29) is 18.9 Å². The van der Waals surface area contributed by atoms with Gasteiger partial charge in [-0.15, -0.1) is 0 Å². The summed E-state index contributed by atoms with van der Waals surface area (Å²) in [6, 6.07) is 12.1. The molecule has 0 bridgehead atoms. The maximum atomic E-state index is 13.0. The van der Waals surface area contributed by atoms with Crippen molar-refractivity contribution < 1.29 is 22.3 Å². The molecule has 0 fully saturated rings. The number of benzene rings is 2. The van der Waals surface area contributed by atoms with Gasteiger partial charge in [0.05, 0.1) is 18.5 Å². The predicted molar refractivity (Wildman–Crippen MR) is 108 cm³/mol. The summed E-state index contributed by atoms with van der Waals surface area (Å²) in [7, 11) is -3.53. The first-order chi connectivity index (χ1) is 13.3. The van der Waals surface area contributed by atoms with Crippen molar-refractivity contribution in [1.29, 1.82) is 0 Å². The number of amides is 1. The van der Waals surface area contributed by atoms with Crippen molar-refractivity contribution in [3.05, 3.63) is 59.4 Å². The second-order valence-corrected chi connectivity index (χ2v) is 8.41. The summed E-state index contributed by atoms with van der Waals surface area (Å²) in [4.78, 5) is 11.9. The SMILES string of the molecule is CS(=O)(=O)N(CCCC(=O)NCCOc1ccc(Cl)cc1)c1ccc(F)cc1. The van der Waals surface area contributed by atoms with E-state index in [2.05, 4.69) is 5.32 Å². The summed E-state index contributed by atoms with van der Waals surface area (Å²) in [6.07, 6.45) is 1.56. The maximum Gasteiger partial charge on any atom is 0.232 e. The summed E-state index contributed by atoms with van der Waals surface area (Å²) in [5.74, 6) is 0.00593. The van der Waals surface area contributed by atoms with Crippen molar-refractivity contribution in [3.63, 3.8) is 0 Å². The predicted octanol–water partition coefficient (Wildman–Crippen LogP) is 3.22. The van der Waals surface area contributed by atoms with Crippen molar-refractivity contribution in [1.82, 2.24) is 5.32 Å². The van der Waals surface area contributed by atoms with Gasteiger partial charge in [0, 0.05) is 18.0 Å². The highest BCUT2D eigenvalue weighted by atomic mass is 35.5. The van der Waals surface area contributed by atoms with E-state index in [1.165, 1.54) is 24.3 Å². The molecule has 28 heavy (non-hydrogen) atoms. The Morgan fingerprint density at radius 3 is 2.39 bits per heavy atom. The number of carbonyl (C=O) groups is 1. The Kier molecular flexibility index (Phi) is 8.07. The lowest BCUT2D eigenvalue weighted by Crippen LogP contribution is -2.32. The zero-order chi connectivity index (χ0) is 20.6. The second kappa shape index (κ2) is 10.3. The Labute approximate surface area is 169 Å². The molecule has 0 radical (unpaired) electrons. The van der Waals surface area contributed by atoms with Gasteiger partial charge in [0.2, 0.25) is 15.9 Å². The van der Waals surface area contributed by atoms with Crippen LogP contribution >= 0.6 is 11.6 Å². The van der Waals surface area contributed by atoms with E-state index in [4.69, 9.17) is 16.3 Å². The van der Waals surface area contributed by atoms with Gasteiger partial charge in [-0.05, 0) is 55.0 Å². The van der Waals surface area contributed by atoms with E-state index in [1.54, 1.807) is 24.3 Å². The number of hydrogen-bond donors (Lipinski definition) is 1. The van der Waals surface area contributed by atoms with Crippen molar-refractivity contribution in [2.24, 2.45) is 0 Å². The quantitative estimate of drug-likeness (QED) is 0.589. The highest BCUT2D eigenvalue weighted by molar-refractivity contribution is 7.92. The van der Waals surface area contributed by atoms with Crippen LogP contribution in [0.25, 0.3) is 0 Å². The van der Waals surface area contributed by atoms with E-state index in [0.717, 1.165) is 10.6 Å². The Morgan fingerprint density at radius 2 is 1.79 bits per heavy atom. The molecule has 0 atom stereocenters. The van der Waals surface area contributed by atoms with Crippen LogP contribution in [0.1, 0.15) is 12.8 Å². The molecule has 2 aromatic carbocycles. The molecule has 9 heteroatoms. The number of rotatable bonds is 10. The molecule has 2 rings (SSSR count). The lowest BCUT2D eigenvalue weighted by Gasteiger charge is -2.22. The highest BCUT2D eigenvalue weighted by Gasteiger charge is 2.17. The van der Waals surface area contributed by atoms with E-state index in [9.17, 15) is 17.6 Å². The lowest BCUT2D eigenvalue weighted by atomic mass is 10.2. The third kappa shape index (κ3) is 7.36. The van der Waals surface area contributed by atoms with Gasteiger partial charge >= 0.3 is 0 Å². The summed E-state index contributed by atoms with van der Waals surface area (Å²) < 4.78 is 43.6. The molecular weight excluding hydrogens is 407 g/mol. The van der Waals surface area contributed by atoms with Gasteiger partial charge in [-0.3, -0.25) is 9.10 Å². The molecule has 1 N–H and O–H groups in total.